The van der Waals surface area contributed by atoms with Gasteiger partial charge >= 0.3 is 5.97 Å². The Kier molecular flexibility index (Phi) is 4.70. The van der Waals surface area contributed by atoms with Crippen molar-refractivity contribution in [2.24, 2.45) is 0 Å². The molecule has 6 aromatic rings. The number of esters is 1. The van der Waals surface area contributed by atoms with Crippen LogP contribution in [0.2, 0.25) is 0 Å². The van der Waals surface area contributed by atoms with Crippen molar-refractivity contribution in [3.05, 3.63) is 103 Å². The average molecular weight is 445 g/mol. The highest BCUT2D eigenvalue weighted by Crippen LogP contribution is 2.28. The van der Waals surface area contributed by atoms with Gasteiger partial charge < -0.3 is 9.72 Å². The molecule has 4 aromatic carbocycles. The second kappa shape index (κ2) is 8.01. The Morgan fingerprint density at radius 2 is 1.44 bits per heavy atom. The number of imidazole rings is 1. The number of ether oxygens (including phenoxy) is 1. The number of para-hydroxylation sites is 2. The lowest BCUT2D eigenvalue weighted by molar-refractivity contribution is 0.0452. The molecule has 1 N–H and O–H groups in total. The van der Waals surface area contributed by atoms with E-state index >= 15 is 0 Å². The van der Waals surface area contributed by atoms with Crippen LogP contribution in [0, 0.1) is 0 Å². The first-order chi connectivity index (χ1) is 16.7. The quantitative estimate of drug-likeness (QED) is 0.346. The van der Waals surface area contributed by atoms with Gasteiger partial charge in [0.2, 0.25) is 0 Å². The normalized spacial score (nSPS) is 11.3. The summed E-state index contributed by atoms with van der Waals surface area (Å²) in [5, 5.41) is 1.97. The molecule has 2 heterocycles. The van der Waals surface area contributed by atoms with Crippen LogP contribution in [0.15, 0.2) is 97.1 Å². The molecule has 0 aliphatic rings. The predicted molar refractivity (Wildman–Crippen MR) is 132 cm³/mol. The van der Waals surface area contributed by atoms with Gasteiger partial charge in [-0.05, 0) is 30.3 Å². The van der Waals surface area contributed by atoms with Crippen LogP contribution in [0.3, 0.4) is 0 Å². The Bertz CT molecular complexity index is 1640. The van der Waals surface area contributed by atoms with E-state index in [2.05, 4.69) is 9.97 Å². The SMILES string of the molecule is O=C(OCC(=O)n1c2ccccc2c2ccccc21)c1ccc2nc(-c3ccccc3)[nH]c2c1. The third-order valence-corrected chi connectivity index (χ3v) is 5.92. The van der Waals surface area contributed by atoms with Crippen LogP contribution >= 0.6 is 0 Å². The maximum atomic E-state index is 13.1. The van der Waals surface area contributed by atoms with E-state index in [0.717, 1.165) is 44.2 Å². The Morgan fingerprint density at radius 1 is 0.794 bits per heavy atom. The standard InChI is InChI=1S/C28H19N3O3/c32-26(31-24-12-6-4-10-20(24)21-11-5-7-13-25(21)31)17-34-28(33)19-14-15-22-23(16-19)30-27(29-22)18-8-2-1-3-9-18/h1-16H,17H2,(H,29,30). The van der Waals surface area contributed by atoms with Crippen molar-refractivity contribution in [1.82, 2.24) is 14.5 Å². The molecule has 0 unspecified atom stereocenters. The molecular formula is C28H19N3O3. The van der Waals surface area contributed by atoms with Gasteiger partial charge in [0.05, 0.1) is 27.6 Å². The number of aromatic nitrogens is 3. The summed E-state index contributed by atoms with van der Waals surface area (Å²) in [6.45, 7) is -0.363. The highest BCUT2D eigenvalue weighted by molar-refractivity contribution is 6.13. The van der Waals surface area contributed by atoms with Gasteiger partial charge in [0.1, 0.15) is 5.82 Å². The van der Waals surface area contributed by atoms with Gasteiger partial charge in [-0.3, -0.25) is 9.36 Å². The first-order valence-electron chi connectivity index (χ1n) is 10.9. The predicted octanol–water partition coefficient (Wildman–Crippen LogP) is 5.84. The van der Waals surface area contributed by atoms with Crippen LogP contribution < -0.4 is 0 Å². The van der Waals surface area contributed by atoms with Gasteiger partial charge in [0.25, 0.3) is 5.91 Å². The van der Waals surface area contributed by atoms with Crippen LogP contribution in [0.5, 0.6) is 0 Å². The van der Waals surface area contributed by atoms with Crippen molar-refractivity contribution < 1.29 is 14.3 Å². The van der Waals surface area contributed by atoms with E-state index in [9.17, 15) is 9.59 Å². The van der Waals surface area contributed by atoms with E-state index in [4.69, 9.17) is 4.74 Å². The summed E-state index contributed by atoms with van der Waals surface area (Å²) in [4.78, 5) is 33.7. The molecule has 0 spiro atoms. The third-order valence-electron chi connectivity index (χ3n) is 5.92. The minimum absolute atomic E-state index is 0.306. The van der Waals surface area contributed by atoms with E-state index in [-0.39, 0.29) is 12.5 Å². The highest BCUT2D eigenvalue weighted by atomic mass is 16.5. The number of hydrogen-bond acceptors (Lipinski definition) is 4. The minimum Gasteiger partial charge on any atom is -0.452 e. The zero-order chi connectivity index (χ0) is 23.1. The molecule has 0 aliphatic heterocycles. The zero-order valence-electron chi connectivity index (χ0n) is 18.1. The monoisotopic (exact) mass is 445 g/mol. The van der Waals surface area contributed by atoms with Crippen molar-refractivity contribution in [3.63, 3.8) is 0 Å². The number of carbonyl (C=O) groups excluding carboxylic acids is 2. The van der Waals surface area contributed by atoms with E-state index in [1.807, 2.05) is 78.9 Å². The first-order valence-corrected chi connectivity index (χ1v) is 10.9. The molecule has 164 valence electrons. The molecule has 0 saturated carbocycles. The topological polar surface area (TPSA) is 77.0 Å². The number of nitrogens with one attached hydrogen (secondary N) is 1. The number of benzene rings is 4. The molecule has 0 fully saturated rings. The third kappa shape index (κ3) is 3.33. The summed E-state index contributed by atoms with van der Waals surface area (Å²) in [6.07, 6.45) is 0. The van der Waals surface area contributed by atoms with E-state index in [1.54, 1.807) is 22.8 Å². The summed E-state index contributed by atoms with van der Waals surface area (Å²) >= 11 is 0. The summed E-state index contributed by atoms with van der Waals surface area (Å²) in [5.74, 6) is -0.144. The van der Waals surface area contributed by atoms with Crippen molar-refractivity contribution in [2.75, 3.05) is 6.61 Å². The largest absolute Gasteiger partial charge is 0.452 e. The first kappa shape index (κ1) is 19.9. The van der Waals surface area contributed by atoms with E-state index in [0.29, 0.717) is 5.56 Å². The number of fused-ring (bicyclic) bond motifs is 4. The maximum Gasteiger partial charge on any atom is 0.338 e. The molecule has 6 rings (SSSR count). The Balaban J connectivity index is 1.25. The van der Waals surface area contributed by atoms with Gasteiger partial charge in [-0.1, -0.05) is 66.7 Å². The molecule has 0 aliphatic carbocycles. The molecule has 6 heteroatoms. The van der Waals surface area contributed by atoms with E-state index < -0.39 is 5.97 Å². The second-order valence-electron chi connectivity index (χ2n) is 8.02. The molecule has 0 radical (unpaired) electrons. The lowest BCUT2D eigenvalue weighted by Crippen LogP contribution is -2.20. The Hall–Kier alpha value is -4.71. The van der Waals surface area contributed by atoms with Crippen LogP contribution in [0.1, 0.15) is 15.2 Å². The fourth-order valence-corrected chi connectivity index (χ4v) is 4.34. The molecule has 0 saturated heterocycles. The van der Waals surface area contributed by atoms with Gasteiger partial charge in [-0.2, -0.15) is 0 Å². The Labute approximate surface area is 194 Å². The van der Waals surface area contributed by atoms with Gasteiger partial charge in [-0.15, -0.1) is 0 Å². The van der Waals surface area contributed by atoms with Gasteiger partial charge in [0.15, 0.2) is 6.61 Å². The second-order valence-corrected chi connectivity index (χ2v) is 8.02. The van der Waals surface area contributed by atoms with Crippen LogP contribution in [-0.2, 0) is 4.74 Å². The summed E-state index contributed by atoms with van der Waals surface area (Å²) in [7, 11) is 0. The van der Waals surface area contributed by atoms with E-state index in [1.165, 1.54) is 0 Å². The Morgan fingerprint density at radius 3 is 2.15 bits per heavy atom. The zero-order valence-corrected chi connectivity index (χ0v) is 18.1. The lowest BCUT2D eigenvalue weighted by Gasteiger charge is -2.07. The van der Waals surface area contributed by atoms with Gasteiger partial charge in [0, 0.05) is 16.3 Å². The average Bonchev–Trinajstić information content (AvgIpc) is 3.46. The molecule has 0 atom stereocenters. The van der Waals surface area contributed by atoms with Crippen molar-refractivity contribution in [3.8, 4) is 11.4 Å². The summed E-state index contributed by atoms with van der Waals surface area (Å²) in [6, 6.07) is 30.3. The van der Waals surface area contributed by atoms with Crippen LogP contribution in [-0.4, -0.2) is 33.0 Å². The fourth-order valence-electron chi connectivity index (χ4n) is 4.34. The summed E-state index contributed by atoms with van der Waals surface area (Å²) < 4.78 is 7.02. The number of hydrogen-bond donors (Lipinski definition) is 1. The van der Waals surface area contributed by atoms with Crippen molar-refractivity contribution in [2.45, 2.75) is 0 Å². The number of carbonyl (C=O) groups is 2. The molecule has 0 amide bonds. The molecule has 2 aromatic heterocycles. The number of H-pyrrole nitrogens is 1. The molecule has 6 nitrogen and oxygen atoms in total. The van der Waals surface area contributed by atoms with Crippen LogP contribution in [0.4, 0.5) is 0 Å². The number of rotatable bonds is 4. The smallest absolute Gasteiger partial charge is 0.338 e. The molecular weight excluding hydrogens is 426 g/mol. The van der Waals surface area contributed by atoms with Crippen molar-refractivity contribution >= 4 is 44.7 Å². The van der Waals surface area contributed by atoms with Crippen molar-refractivity contribution in [1.29, 1.82) is 0 Å². The van der Waals surface area contributed by atoms with Gasteiger partial charge in [-0.25, -0.2) is 9.78 Å². The fraction of sp³-hybridized carbons (Fsp3) is 0.0357. The number of nitrogens with zero attached hydrogens (tertiary/aromatic N) is 2. The minimum atomic E-state index is -0.563. The lowest BCUT2D eigenvalue weighted by atomic mass is 10.2. The maximum absolute atomic E-state index is 13.1. The molecule has 0 bridgehead atoms. The molecule has 34 heavy (non-hydrogen) atoms. The van der Waals surface area contributed by atoms with Crippen LogP contribution in [0.25, 0.3) is 44.2 Å². The summed E-state index contributed by atoms with van der Waals surface area (Å²) in [5.41, 5.74) is 4.36. The number of aromatic amines is 1. The highest BCUT2D eigenvalue weighted by Gasteiger charge is 2.18.